The van der Waals surface area contributed by atoms with Crippen LogP contribution in [0.15, 0.2) is 48.7 Å². The van der Waals surface area contributed by atoms with Crippen LogP contribution in [0.1, 0.15) is 75.8 Å². The van der Waals surface area contributed by atoms with Crippen LogP contribution in [-0.4, -0.2) is 40.1 Å². The highest BCUT2D eigenvalue weighted by Crippen LogP contribution is 2.37. The molecule has 6 nitrogen and oxygen atoms in total. The molecule has 0 spiro atoms. The van der Waals surface area contributed by atoms with Crippen molar-refractivity contribution in [3.8, 4) is 0 Å². The Kier molecular flexibility index (Phi) is 6.98. The molecule has 2 heterocycles. The first-order valence-corrected chi connectivity index (χ1v) is 11.0. The summed E-state index contributed by atoms with van der Waals surface area (Å²) < 4.78 is 5.67. The van der Waals surface area contributed by atoms with E-state index in [0.717, 1.165) is 24.8 Å². The van der Waals surface area contributed by atoms with Crippen molar-refractivity contribution in [3.05, 3.63) is 59.8 Å². The normalized spacial score (nSPS) is 16.8. The summed E-state index contributed by atoms with van der Waals surface area (Å²) in [5, 5.41) is 0. The van der Waals surface area contributed by atoms with Crippen LogP contribution < -0.4 is 4.90 Å². The molecule has 0 radical (unpaired) electrons. The summed E-state index contributed by atoms with van der Waals surface area (Å²) in [4.78, 5) is 34.5. The van der Waals surface area contributed by atoms with E-state index in [9.17, 15) is 9.59 Å². The van der Waals surface area contributed by atoms with Crippen molar-refractivity contribution in [2.45, 2.75) is 71.6 Å². The molecule has 1 fully saturated rings. The van der Waals surface area contributed by atoms with E-state index < -0.39 is 11.7 Å². The SMILES string of the molecule is CC(C)N(C(=O)OC(C)(C)C)c1ncccc1[C@@H]1CCCCN1C(=O)c1ccccc1. The minimum absolute atomic E-state index is 0.00784. The number of aromatic nitrogens is 1. The van der Waals surface area contributed by atoms with Gasteiger partial charge in [0, 0.05) is 29.9 Å². The molecular weight excluding hydrogens is 390 g/mol. The Hall–Kier alpha value is -2.89. The number of anilines is 1. The third kappa shape index (κ3) is 5.43. The van der Waals surface area contributed by atoms with Gasteiger partial charge in [0.15, 0.2) is 0 Å². The van der Waals surface area contributed by atoms with Crippen molar-refractivity contribution in [1.82, 2.24) is 9.88 Å². The van der Waals surface area contributed by atoms with Gasteiger partial charge in [0.2, 0.25) is 0 Å². The number of rotatable bonds is 4. The van der Waals surface area contributed by atoms with E-state index in [1.54, 1.807) is 11.1 Å². The Labute approximate surface area is 185 Å². The highest BCUT2D eigenvalue weighted by Gasteiger charge is 2.34. The Morgan fingerprint density at radius 1 is 1.10 bits per heavy atom. The Balaban J connectivity index is 2.00. The predicted octanol–water partition coefficient (Wildman–Crippen LogP) is 5.60. The fourth-order valence-corrected chi connectivity index (χ4v) is 3.97. The topological polar surface area (TPSA) is 62.7 Å². The zero-order valence-electron chi connectivity index (χ0n) is 19.2. The van der Waals surface area contributed by atoms with Crippen LogP contribution in [0.3, 0.4) is 0 Å². The van der Waals surface area contributed by atoms with E-state index in [-0.39, 0.29) is 18.0 Å². The van der Waals surface area contributed by atoms with E-state index in [4.69, 9.17) is 4.74 Å². The van der Waals surface area contributed by atoms with E-state index in [1.807, 2.05) is 82.0 Å². The minimum Gasteiger partial charge on any atom is -0.443 e. The number of carbonyl (C=O) groups excluding carboxylic acids is 2. The lowest BCUT2D eigenvalue weighted by molar-refractivity contribution is 0.0567. The Morgan fingerprint density at radius 3 is 2.45 bits per heavy atom. The van der Waals surface area contributed by atoms with Gasteiger partial charge in [-0.05, 0) is 72.1 Å². The molecular formula is C25H33N3O3. The van der Waals surface area contributed by atoms with Crippen LogP contribution in [0.2, 0.25) is 0 Å². The van der Waals surface area contributed by atoms with Crippen molar-refractivity contribution in [3.63, 3.8) is 0 Å². The summed E-state index contributed by atoms with van der Waals surface area (Å²) in [7, 11) is 0. The first-order valence-electron chi connectivity index (χ1n) is 11.0. The summed E-state index contributed by atoms with van der Waals surface area (Å²) in [6.45, 7) is 10.1. The zero-order chi connectivity index (χ0) is 22.6. The standard InChI is InChI=1S/C25H33N3O3/c1-18(2)28(24(30)31-25(3,4)5)22-20(14-11-16-26-22)21-15-9-10-17-27(21)23(29)19-12-7-6-8-13-19/h6-8,11-14,16,18,21H,9-10,15,17H2,1-5H3/t21-/m0/s1. The van der Waals surface area contributed by atoms with Crippen molar-refractivity contribution in [2.24, 2.45) is 0 Å². The lowest BCUT2D eigenvalue weighted by atomic mass is 9.94. The number of hydrogen-bond donors (Lipinski definition) is 0. The van der Waals surface area contributed by atoms with Gasteiger partial charge in [-0.1, -0.05) is 24.3 Å². The first-order chi connectivity index (χ1) is 14.7. The van der Waals surface area contributed by atoms with Gasteiger partial charge in [0.1, 0.15) is 11.4 Å². The molecule has 1 aliphatic heterocycles. The van der Waals surface area contributed by atoms with Gasteiger partial charge >= 0.3 is 6.09 Å². The lowest BCUT2D eigenvalue weighted by Gasteiger charge is -2.38. The molecule has 0 aliphatic carbocycles. The molecule has 1 saturated heterocycles. The summed E-state index contributed by atoms with van der Waals surface area (Å²) >= 11 is 0. The lowest BCUT2D eigenvalue weighted by Crippen LogP contribution is -2.44. The number of carbonyl (C=O) groups is 2. The summed E-state index contributed by atoms with van der Waals surface area (Å²) in [6, 6.07) is 12.9. The van der Waals surface area contributed by atoms with Crippen LogP contribution in [0.5, 0.6) is 0 Å². The Bertz CT molecular complexity index is 906. The van der Waals surface area contributed by atoms with Crippen molar-refractivity contribution in [2.75, 3.05) is 11.4 Å². The molecule has 166 valence electrons. The smallest absolute Gasteiger partial charge is 0.416 e. The van der Waals surface area contributed by atoms with Gasteiger partial charge < -0.3 is 9.64 Å². The Morgan fingerprint density at radius 2 is 1.81 bits per heavy atom. The second kappa shape index (κ2) is 9.50. The number of hydrogen-bond acceptors (Lipinski definition) is 4. The molecule has 6 heteroatoms. The number of piperidine rings is 1. The number of pyridine rings is 1. The number of nitrogens with zero attached hydrogens (tertiary/aromatic N) is 3. The van der Waals surface area contributed by atoms with Gasteiger partial charge in [-0.3, -0.25) is 9.69 Å². The van der Waals surface area contributed by atoms with Gasteiger partial charge in [0.25, 0.3) is 5.91 Å². The molecule has 0 bridgehead atoms. The van der Waals surface area contributed by atoms with Crippen LogP contribution in [0.4, 0.5) is 10.6 Å². The molecule has 3 rings (SSSR count). The molecule has 2 amide bonds. The largest absolute Gasteiger partial charge is 0.443 e. The quantitative estimate of drug-likeness (QED) is 0.642. The van der Waals surface area contributed by atoms with Crippen LogP contribution in [-0.2, 0) is 4.74 Å². The number of benzene rings is 1. The fourth-order valence-electron chi connectivity index (χ4n) is 3.97. The van der Waals surface area contributed by atoms with Crippen LogP contribution >= 0.6 is 0 Å². The average molecular weight is 424 g/mol. The van der Waals surface area contributed by atoms with E-state index in [0.29, 0.717) is 17.9 Å². The monoisotopic (exact) mass is 423 g/mol. The van der Waals surface area contributed by atoms with Gasteiger partial charge in [0.05, 0.1) is 6.04 Å². The second-order valence-electron chi connectivity index (χ2n) is 9.24. The summed E-state index contributed by atoms with van der Waals surface area (Å²) in [5.74, 6) is 0.568. The molecule has 1 aromatic heterocycles. The molecule has 2 aromatic rings. The highest BCUT2D eigenvalue weighted by molar-refractivity contribution is 5.95. The predicted molar refractivity (Wildman–Crippen MR) is 122 cm³/mol. The van der Waals surface area contributed by atoms with Crippen LogP contribution in [0, 0.1) is 0 Å². The van der Waals surface area contributed by atoms with Gasteiger partial charge in [-0.25, -0.2) is 9.78 Å². The second-order valence-corrected chi connectivity index (χ2v) is 9.24. The summed E-state index contributed by atoms with van der Waals surface area (Å²) in [6.07, 6.45) is 4.07. The van der Waals surface area contributed by atoms with Crippen molar-refractivity contribution in [1.29, 1.82) is 0 Å². The van der Waals surface area contributed by atoms with E-state index in [1.165, 1.54) is 0 Å². The summed E-state index contributed by atoms with van der Waals surface area (Å²) in [5.41, 5.74) is 0.943. The molecule has 0 unspecified atom stereocenters. The highest BCUT2D eigenvalue weighted by atomic mass is 16.6. The number of amides is 2. The molecule has 0 saturated carbocycles. The maximum Gasteiger partial charge on any atom is 0.416 e. The molecule has 1 aromatic carbocycles. The van der Waals surface area contributed by atoms with E-state index >= 15 is 0 Å². The zero-order valence-corrected chi connectivity index (χ0v) is 19.2. The average Bonchev–Trinajstić information content (AvgIpc) is 2.73. The molecule has 31 heavy (non-hydrogen) atoms. The van der Waals surface area contributed by atoms with Crippen molar-refractivity contribution < 1.29 is 14.3 Å². The van der Waals surface area contributed by atoms with Crippen molar-refractivity contribution >= 4 is 17.8 Å². The third-order valence-electron chi connectivity index (χ3n) is 5.30. The van der Waals surface area contributed by atoms with Gasteiger partial charge in [-0.15, -0.1) is 0 Å². The number of ether oxygens (including phenoxy) is 1. The molecule has 0 N–H and O–H groups in total. The number of likely N-dealkylation sites (tertiary alicyclic amines) is 1. The molecule has 1 atom stereocenters. The molecule has 1 aliphatic rings. The third-order valence-corrected chi connectivity index (χ3v) is 5.30. The van der Waals surface area contributed by atoms with Gasteiger partial charge in [-0.2, -0.15) is 0 Å². The van der Waals surface area contributed by atoms with Crippen LogP contribution in [0.25, 0.3) is 0 Å². The van der Waals surface area contributed by atoms with E-state index in [2.05, 4.69) is 4.98 Å². The maximum atomic E-state index is 13.3. The maximum absolute atomic E-state index is 13.3. The minimum atomic E-state index is -0.612. The fraction of sp³-hybridized carbons (Fsp3) is 0.480. The first kappa shape index (κ1) is 22.8.